The monoisotopic (exact) mass is 385 g/mol. The maximum atomic E-state index is 10.9. The van der Waals surface area contributed by atoms with Crippen molar-refractivity contribution in [3.05, 3.63) is 17.4 Å². The van der Waals surface area contributed by atoms with Gasteiger partial charge in [-0.2, -0.15) is 8.42 Å². The van der Waals surface area contributed by atoms with Crippen LogP contribution in [-0.2, 0) is 14.3 Å². The second-order valence-corrected chi connectivity index (χ2v) is 8.33. The quantitative estimate of drug-likeness (QED) is 0.553. The van der Waals surface area contributed by atoms with Crippen LogP contribution in [0.25, 0.3) is 0 Å². The van der Waals surface area contributed by atoms with E-state index in [9.17, 15) is 8.42 Å². The van der Waals surface area contributed by atoms with Crippen molar-refractivity contribution in [2.75, 3.05) is 30.9 Å². The van der Waals surface area contributed by atoms with Crippen LogP contribution in [-0.4, -0.2) is 44.3 Å². The van der Waals surface area contributed by atoms with Crippen molar-refractivity contribution in [1.82, 2.24) is 9.97 Å². The minimum absolute atomic E-state index is 0.0592. The van der Waals surface area contributed by atoms with Gasteiger partial charge in [-0.3, -0.25) is 4.18 Å². The summed E-state index contributed by atoms with van der Waals surface area (Å²) in [5, 5.41) is 0.540. The van der Waals surface area contributed by atoms with Gasteiger partial charge in [-0.25, -0.2) is 9.97 Å². The number of halogens is 1. The molecule has 0 saturated heterocycles. The lowest BCUT2D eigenvalue weighted by Crippen LogP contribution is -2.32. The Labute approximate surface area is 155 Å². The minimum atomic E-state index is -3.41. The summed E-state index contributed by atoms with van der Waals surface area (Å²) in [6, 6.07) is 0. The van der Waals surface area contributed by atoms with E-state index in [4.69, 9.17) is 11.6 Å². The highest BCUT2D eigenvalue weighted by atomic mass is 35.5. The smallest absolute Gasteiger partial charge is 0.265 e. The van der Waals surface area contributed by atoms with Crippen LogP contribution in [0.5, 0.6) is 0 Å². The lowest BCUT2D eigenvalue weighted by Gasteiger charge is -2.30. The highest BCUT2D eigenvalue weighted by Crippen LogP contribution is 2.29. The topological polar surface area (TPSA) is 72.4 Å². The third-order valence-corrected chi connectivity index (χ3v) is 4.99. The van der Waals surface area contributed by atoms with Crippen molar-refractivity contribution in [2.45, 2.75) is 32.6 Å². The van der Waals surface area contributed by atoms with E-state index in [0.717, 1.165) is 45.0 Å². The first-order chi connectivity index (χ1) is 11.9. The summed E-state index contributed by atoms with van der Waals surface area (Å²) in [4.78, 5) is 10.8. The molecule has 0 atom stereocenters. The average Bonchev–Trinajstić information content (AvgIpc) is 2.58. The Morgan fingerprint density at radius 2 is 1.92 bits per heavy atom. The van der Waals surface area contributed by atoms with E-state index >= 15 is 0 Å². The maximum Gasteiger partial charge on any atom is 0.265 e. The third-order valence-electron chi connectivity index (χ3n) is 4.25. The second-order valence-electron chi connectivity index (χ2n) is 6.24. The Bertz CT molecular complexity index is 705. The summed E-state index contributed by atoms with van der Waals surface area (Å²) in [5.74, 6) is 7.57. The van der Waals surface area contributed by atoms with Gasteiger partial charge in [-0.1, -0.05) is 23.4 Å². The van der Waals surface area contributed by atoms with Gasteiger partial charge in [0.25, 0.3) is 10.1 Å². The highest BCUT2D eigenvalue weighted by molar-refractivity contribution is 7.86. The molecule has 6 nitrogen and oxygen atoms in total. The molecule has 1 aromatic heterocycles. The summed E-state index contributed by atoms with van der Waals surface area (Å²) in [7, 11) is -3.41. The van der Waals surface area contributed by atoms with Crippen molar-refractivity contribution in [3.8, 4) is 11.8 Å². The Balaban J connectivity index is 1.79. The van der Waals surface area contributed by atoms with Crippen LogP contribution >= 0.6 is 11.6 Å². The number of rotatable bonds is 6. The molecule has 1 heterocycles. The first-order valence-electron chi connectivity index (χ1n) is 8.42. The number of aromatic nitrogens is 2. The summed E-state index contributed by atoms with van der Waals surface area (Å²) >= 11 is 5.85. The molecule has 1 aliphatic carbocycles. The van der Waals surface area contributed by atoms with Crippen molar-refractivity contribution in [2.24, 2.45) is 11.8 Å². The first-order valence-corrected chi connectivity index (χ1v) is 10.6. The van der Waals surface area contributed by atoms with Gasteiger partial charge in [0.1, 0.15) is 6.61 Å². The van der Waals surface area contributed by atoms with Crippen molar-refractivity contribution in [1.29, 1.82) is 0 Å². The average molecular weight is 386 g/mol. The van der Waals surface area contributed by atoms with E-state index in [0.29, 0.717) is 22.8 Å². The van der Waals surface area contributed by atoms with Crippen LogP contribution in [0.15, 0.2) is 12.4 Å². The number of hydrogen-bond acceptors (Lipinski definition) is 6. The van der Waals surface area contributed by atoms with Crippen LogP contribution in [0.3, 0.4) is 0 Å². The Hall–Kier alpha value is -1.36. The van der Waals surface area contributed by atoms with E-state index in [1.54, 1.807) is 12.4 Å². The molecular weight excluding hydrogens is 362 g/mol. The van der Waals surface area contributed by atoms with Crippen molar-refractivity contribution >= 4 is 27.7 Å². The molecule has 1 saturated carbocycles. The number of nitrogens with zero attached hydrogens (tertiary/aromatic N) is 3. The SMILES string of the molecule is CCN(CC1CCC(C#CCOS(C)(=O)=O)CC1)c1ncc(Cl)cn1. The fourth-order valence-electron chi connectivity index (χ4n) is 2.94. The molecule has 0 radical (unpaired) electrons. The Kier molecular flexibility index (Phi) is 7.48. The van der Waals surface area contributed by atoms with E-state index in [1.807, 2.05) is 0 Å². The normalized spacial score (nSPS) is 20.6. The van der Waals surface area contributed by atoms with Crippen LogP contribution in [0.4, 0.5) is 5.95 Å². The molecule has 0 bridgehead atoms. The molecule has 1 fully saturated rings. The summed E-state index contributed by atoms with van der Waals surface area (Å²) in [6.45, 7) is 3.81. The molecule has 1 aliphatic rings. The standard InChI is InChI=1S/C17H24ClN3O3S/c1-3-21(17-19-11-16(18)12-20-17)13-15-8-6-14(7-9-15)5-4-10-24-25(2,22)23/h11-12,14-15H,3,6-10,13H2,1-2H3. The lowest BCUT2D eigenvalue weighted by atomic mass is 9.82. The van der Waals surface area contributed by atoms with E-state index in [2.05, 4.69) is 37.8 Å². The largest absolute Gasteiger partial charge is 0.341 e. The fourth-order valence-corrected chi connectivity index (χ4v) is 3.32. The maximum absolute atomic E-state index is 10.9. The van der Waals surface area contributed by atoms with E-state index in [1.165, 1.54) is 0 Å². The zero-order chi connectivity index (χ0) is 18.3. The van der Waals surface area contributed by atoms with Gasteiger partial charge in [0.15, 0.2) is 0 Å². The minimum Gasteiger partial charge on any atom is -0.341 e. The summed E-state index contributed by atoms with van der Waals surface area (Å²) in [5.41, 5.74) is 0. The molecule has 138 valence electrons. The van der Waals surface area contributed by atoms with Gasteiger partial charge < -0.3 is 4.90 Å². The van der Waals surface area contributed by atoms with Gasteiger partial charge in [0.2, 0.25) is 5.95 Å². The molecule has 0 N–H and O–H groups in total. The second kappa shape index (κ2) is 9.37. The Morgan fingerprint density at radius 3 is 2.48 bits per heavy atom. The molecule has 0 spiro atoms. The lowest BCUT2D eigenvalue weighted by molar-refractivity contribution is 0.316. The Morgan fingerprint density at radius 1 is 1.28 bits per heavy atom. The van der Waals surface area contributed by atoms with Crippen LogP contribution in [0, 0.1) is 23.7 Å². The molecule has 0 aromatic carbocycles. The zero-order valence-electron chi connectivity index (χ0n) is 14.6. The van der Waals surface area contributed by atoms with Crippen LogP contribution < -0.4 is 4.90 Å². The van der Waals surface area contributed by atoms with Gasteiger partial charge in [-0.15, -0.1) is 0 Å². The molecule has 25 heavy (non-hydrogen) atoms. The highest BCUT2D eigenvalue weighted by Gasteiger charge is 2.22. The van der Waals surface area contributed by atoms with E-state index < -0.39 is 10.1 Å². The zero-order valence-corrected chi connectivity index (χ0v) is 16.2. The molecule has 1 aromatic rings. The number of hydrogen-bond donors (Lipinski definition) is 0. The van der Waals surface area contributed by atoms with Gasteiger partial charge >= 0.3 is 0 Å². The molecular formula is C17H24ClN3O3S. The fraction of sp³-hybridized carbons (Fsp3) is 0.647. The number of anilines is 1. The summed E-state index contributed by atoms with van der Waals surface area (Å²) in [6.07, 6.45) is 8.51. The van der Waals surface area contributed by atoms with Gasteiger partial charge in [-0.05, 0) is 38.5 Å². The molecule has 2 rings (SSSR count). The van der Waals surface area contributed by atoms with Crippen molar-refractivity contribution in [3.63, 3.8) is 0 Å². The van der Waals surface area contributed by atoms with Gasteiger partial charge in [0.05, 0.1) is 23.7 Å². The molecule has 0 amide bonds. The van der Waals surface area contributed by atoms with Crippen LogP contribution in [0.2, 0.25) is 5.02 Å². The first kappa shape index (κ1) is 20.0. The molecule has 8 heteroatoms. The third kappa shape index (κ3) is 7.18. The summed E-state index contributed by atoms with van der Waals surface area (Å²) < 4.78 is 26.4. The van der Waals surface area contributed by atoms with Gasteiger partial charge in [0, 0.05) is 19.0 Å². The van der Waals surface area contributed by atoms with E-state index in [-0.39, 0.29) is 6.61 Å². The van der Waals surface area contributed by atoms with Crippen molar-refractivity contribution < 1.29 is 12.6 Å². The van der Waals surface area contributed by atoms with Crippen LogP contribution in [0.1, 0.15) is 32.6 Å². The predicted molar refractivity (Wildman–Crippen MR) is 98.9 cm³/mol. The molecule has 0 unspecified atom stereocenters. The predicted octanol–water partition coefficient (Wildman–Crippen LogP) is 2.74. The molecule has 0 aliphatic heterocycles.